The Morgan fingerprint density at radius 2 is 0.481 bits per heavy atom. The summed E-state index contributed by atoms with van der Waals surface area (Å²) in [5.74, 6) is -0.870. The van der Waals surface area contributed by atoms with Crippen LogP contribution in [0.5, 0.6) is 0 Å². The van der Waals surface area contributed by atoms with E-state index in [9.17, 15) is 14.4 Å². The number of carbonyl (C=O) groups is 3. The zero-order valence-electron chi connectivity index (χ0n) is 54.1. The standard InChI is InChI=1S/C75H134O6/c1-4-7-10-13-16-19-22-25-27-29-31-33-35-37-39-41-43-45-47-50-53-56-59-62-65-68-74(77)80-71-72(70-79-73(76)67-64-61-58-55-52-49-24-21-18-15-12-9-6-3)81-75(78)69-66-63-60-57-54-51-48-46-44-42-40-38-36-34-32-30-28-26-23-20-17-14-11-8-5-2/h7,10,16,19,21,24-25,27,31,33,37,39,72H,4-6,8-9,11-15,17-18,20,22-23,26,28-30,32,34-36,38,40-71H2,1-3H3/b10-7-,19-16-,24-21-,27-25-,33-31-,39-37-. The van der Waals surface area contributed by atoms with Crippen molar-refractivity contribution in [1.82, 2.24) is 0 Å². The third-order valence-corrected chi connectivity index (χ3v) is 15.7. The highest BCUT2D eigenvalue weighted by molar-refractivity contribution is 5.71. The van der Waals surface area contributed by atoms with Gasteiger partial charge in [-0.15, -0.1) is 0 Å². The minimum atomic E-state index is -0.781. The second kappa shape index (κ2) is 69.3. The Labute approximate surface area is 503 Å². The predicted molar refractivity (Wildman–Crippen MR) is 353 cm³/mol. The Morgan fingerprint density at radius 1 is 0.259 bits per heavy atom. The molecule has 0 saturated carbocycles. The smallest absolute Gasteiger partial charge is 0.306 e. The van der Waals surface area contributed by atoms with Crippen molar-refractivity contribution in [1.29, 1.82) is 0 Å². The highest BCUT2D eigenvalue weighted by Gasteiger charge is 2.19. The maximum atomic E-state index is 13.0. The van der Waals surface area contributed by atoms with Gasteiger partial charge in [0, 0.05) is 19.3 Å². The van der Waals surface area contributed by atoms with Crippen molar-refractivity contribution in [3.8, 4) is 0 Å². The summed E-state index contributed by atoms with van der Waals surface area (Å²) in [5.41, 5.74) is 0. The van der Waals surface area contributed by atoms with Gasteiger partial charge in [-0.3, -0.25) is 14.4 Å². The van der Waals surface area contributed by atoms with Crippen LogP contribution in [0.4, 0.5) is 0 Å². The molecule has 0 aliphatic heterocycles. The van der Waals surface area contributed by atoms with Gasteiger partial charge in [-0.05, 0) is 89.9 Å². The molecule has 0 aliphatic rings. The summed E-state index contributed by atoms with van der Waals surface area (Å²) in [7, 11) is 0. The number of hydrogen-bond donors (Lipinski definition) is 0. The van der Waals surface area contributed by atoms with Crippen molar-refractivity contribution in [2.75, 3.05) is 13.2 Å². The fourth-order valence-corrected chi connectivity index (χ4v) is 10.4. The van der Waals surface area contributed by atoms with Gasteiger partial charge in [0.2, 0.25) is 0 Å². The summed E-state index contributed by atoms with van der Waals surface area (Å²) in [4.78, 5) is 38.4. The first kappa shape index (κ1) is 77.9. The number of rotatable bonds is 65. The van der Waals surface area contributed by atoms with E-state index in [1.54, 1.807) is 0 Å². The highest BCUT2D eigenvalue weighted by atomic mass is 16.6. The molecular weight excluding hydrogens is 997 g/mol. The van der Waals surface area contributed by atoms with Crippen LogP contribution in [-0.2, 0) is 28.6 Å². The lowest BCUT2D eigenvalue weighted by Crippen LogP contribution is -2.30. The SMILES string of the molecule is CC/C=C\C/C=C\C/C=C\C/C=C\C/C=C\CCCCCCCCCCCC(=O)OCC(COC(=O)CCCCCCC/C=C\CCCCCC)OC(=O)CCCCCCCCCCCCCCCCCCCCCCCCCCC. The summed E-state index contributed by atoms with van der Waals surface area (Å²) < 4.78 is 17.0. The van der Waals surface area contributed by atoms with Gasteiger partial charge in [0.25, 0.3) is 0 Å². The molecule has 0 fully saturated rings. The van der Waals surface area contributed by atoms with Gasteiger partial charge in [-0.2, -0.15) is 0 Å². The monoisotopic (exact) mass is 1130 g/mol. The van der Waals surface area contributed by atoms with Gasteiger partial charge >= 0.3 is 17.9 Å². The molecule has 0 radical (unpaired) electrons. The lowest BCUT2D eigenvalue weighted by molar-refractivity contribution is -0.167. The third kappa shape index (κ3) is 67.5. The fraction of sp³-hybridized carbons (Fsp3) is 0.800. The topological polar surface area (TPSA) is 78.9 Å². The van der Waals surface area contributed by atoms with E-state index in [4.69, 9.17) is 14.2 Å². The third-order valence-electron chi connectivity index (χ3n) is 15.7. The normalized spacial score (nSPS) is 12.5. The number of esters is 3. The van der Waals surface area contributed by atoms with Crippen LogP contribution in [0.15, 0.2) is 72.9 Å². The summed E-state index contributed by atoms with van der Waals surface area (Å²) >= 11 is 0. The summed E-state index contributed by atoms with van der Waals surface area (Å²) in [5, 5.41) is 0. The molecule has 0 aromatic heterocycles. The van der Waals surface area contributed by atoms with Crippen LogP contribution in [0.3, 0.4) is 0 Å². The van der Waals surface area contributed by atoms with Crippen LogP contribution in [0.25, 0.3) is 0 Å². The first-order valence-corrected chi connectivity index (χ1v) is 35.4. The number of unbranched alkanes of at least 4 members (excludes halogenated alkanes) is 42. The molecular formula is C75H134O6. The summed E-state index contributed by atoms with van der Waals surface area (Å²) in [6.45, 7) is 6.56. The molecule has 470 valence electrons. The van der Waals surface area contributed by atoms with Gasteiger partial charge < -0.3 is 14.2 Å². The molecule has 81 heavy (non-hydrogen) atoms. The van der Waals surface area contributed by atoms with Crippen molar-refractivity contribution in [2.24, 2.45) is 0 Å². The van der Waals surface area contributed by atoms with E-state index < -0.39 is 6.10 Å². The van der Waals surface area contributed by atoms with Gasteiger partial charge in [-0.25, -0.2) is 0 Å². The van der Waals surface area contributed by atoms with E-state index >= 15 is 0 Å². The van der Waals surface area contributed by atoms with E-state index in [2.05, 4.69) is 93.7 Å². The second-order valence-electron chi connectivity index (χ2n) is 23.8. The quantitative estimate of drug-likeness (QED) is 0.0261. The summed E-state index contributed by atoms with van der Waals surface area (Å²) in [6, 6.07) is 0. The molecule has 0 heterocycles. The van der Waals surface area contributed by atoms with Gasteiger partial charge in [0.05, 0.1) is 0 Å². The Morgan fingerprint density at radius 3 is 0.778 bits per heavy atom. The molecule has 0 rings (SSSR count). The van der Waals surface area contributed by atoms with E-state index in [0.717, 1.165) is 103 Å². The molecule has 6 heteroatoms. The Kier molecular flexibility index (Phi) is 66.6. The van der Waals surface area contributed by atoms with Crippen LogP contribution >= 0.6 is 0 Å². The van der Waals surface area contributed by atoms with E-state index in [1.165, 1.54) is 225 Å². The van der Waals surface area contributed by atoms with E-state index in [0.29, 0.717) is 19.3 Å². The Bertz CT molecular complexity index is 1490. The summed E-state index contributed by atoms with van der Waals surface area (Å²) in [6.07, 6.45) is 90.7. The average molecular weight is 1130 g/mol. The molecule has 0 aromatic carbocycles. The molecule has 1 unspecified atom stereocenters. The molecule has 0 aliphatic carbocycles. The van der Waals surface area contributed by atoms with Crippen LogP contribution in [-0.4, -0.2) is 37.2 Å². The van der Waals surface area contributed by atoms with Crippen LogP contribution < -0.4 is 0 Å². The van der Waals surface area contributed by atoms with Crippen molar-refractivity contribution in [3.05, 3.63) is 72.9 Å². The van der Waals surface area contributed by atoms with E-state index in [-0.39, 0.29) is 31.1 Å². The van der Waals surface area contributed by atoms with Crippen LogP contribution in [0.1, 0.15) is 367 Å². The lowest BCUT2D eigenvalue weighted by atomic mass is 10.0. The first-order chi connectivity index (χ1) is 40.0. The Hall–Kier alpha value is -3.15. The zero-order chi connectivity index (χ0) is 58.5. The Balaban J connectivity index is 4.27. The van der Waals surface area contributed by atoms with Crippen molar-refractivity contribution in [2.45, 2.75) is 374 Å². The number of ether oxygens (including phenoxy) is 3. The minimum Gasteiger partial charge on any atom is -0.462 e. The number of hydrogen-bond acceptors (Lipinski definition) is 6. The molecule has 0 aromatic rings. The minimum absolute atomic E-state index is 0.0778. The average Bonchev–Trinajstić information content (AvgIpc) is 3.46. The molecule has 0 spiro atoms. The van der Waals surface area contributed by atoms with E-state index in [1.807, 2.05) is 0 Å². The maximum Gasteiger partial charge on any atom is 0.306 e. The highest BCUT2D eigenvalue weighted by Crippen LogP contribution is 2.18. The molecule has 1 atom stereocenters. The largest absolute Gasteiger partial charge is 0.462 e. The molecule has 0 amide bonds. The molecule has 0 bridgehead atoms. The number of allylic oxidation sites excluding steroid dienone is 12. The van der Waals surface area contributed by atoms with Crippen molar-refractivity contribution >= 4 is 17.9 Å². The predicted octanol–water partition coefficient (Wildman–Crippen LogP) is 24.4. The molecule has 0 saturated heterocycles. The van der Waals surface area contributed by atoms with Gasteiger partial charge in [0.15, 0.2) is 6.10 Å². The van der Waals surface area contributed by atoms with Crippen LogP contribution in [0.2, 0.25) is 0 Å². The maximum absolute atomic E-state index is 13.0. The first-order valence-electron chi connectivity index (χ1n) is 35.4. The number of carbonyl (C=O) groups excluding carboxylic acids is 3. The van der Waals surface area contributed by atoms with Gasteiger partial charge in [-0.1, -0.05) is 331 Å². The van der Waals surface area contributed by atoms with Crippen molar-refractivity contribution in [3.63, 3.8) is 0 Å². The fourth-order valence-electron chi connectivity index (χ4n) is 10.4. The van der Waals surface area contributed by atoms with Crippen molar-refractivity contribution < 1.29 is 28.6 Å². The zero-order valence-corrected chi connectivity index (χ0v) is 54.1. The van der Waals surface area contributed by atoms with Crippen LogP contribution in [0, 0.1) is 0 Å². The molecule has 0 N–H and O–H groups in total. The van der Waals surface area contributed by atoms with Gasteiger partial charge in [0.1, 0.15) is 13.2 Å². The lowest BCUT2D eigenvalue weighted by Gasteiger charge is -2.18. The second-order valence-corrected chi connectivity index (χ2v) is 23.8. The molecule has 6 nitrogen and oxygen atoms in total.